The van der Waals surface area contributed by atoms with E-state index >= 15 is 0 Å². The van der Waals surface area contributed by atoms with Crippen molar-refractivity contribution in [2.24, 2.45) is 0 Å². The Morgan fingerprint density at radius 2 is 1.42 bits per heavy atom. The normalized spacial score (nSPS) is 10.5. The zero-order valence-corrected chi connectivity index (χ0v) is 13.0. The minimum absolute atomic E-state index is 0.189. The zero-order valence-electron chi connectivity index (χ0n) is 13.0. The van der Waals surface area contributed by atoms with Crippen molar-refractivity contribution in [3.05, 3.63) is 105 Å². The number of carboxylic acid groups (broad SMARTS) is 1. The third-order valence-corrected chi connectivity index (χ3v) is 3.93. The molecule has 0 amide bonds. The van der Waals surface area contributed by atoms with Crippen LogP contribution in [0.3, 0.4) is 0 Å². The third kappa shape index (κ3) is 3.60. The number of rotatable bonds is 5. The molecule has 24 heavy (non-hydrogen) atoms. The molecule has 2 N–H and O–H groups in total. The van der Waals surface area contributed by atoms with Gasteiger partial charge in [-0.2, -0.15) is 0 Å². The molecule has 0 spiro atoms. The molecule has 0 saturated carbocycles. The van der Waals surface area contributed by atoms with Gasteiger partial charge in [0, 0.05) is 6.20 Å². The van der Waals surface area contributed by atoms with Crippen LogP contribution in [-0.2, 0) is 12.8 Å². The van der Waals surface area contributed by atoms with Crippen molar-refractivity contribution in [2.45, 2.75) is 12.8 Å². The first-order valence-corrected chi connectivity index (χ1v) is 7.69. The van der Waals surface area contributed by atoms with Crippen molar-refractivity contribution in [2.75, 3.05) is 0 Å². The van der Waals surface area contributed by atoms with E-state index in [1.54, 1.807) is 6.07 Å². The fourth-order valence-corrected chi connectivity index (χ4v) is 2.73. The van der Waals surface area contributed by atoms with Gasteiger partial charge in [-0.3, -0.25) is 4.79 Å². The van der Waals surface area contributed by atoms with E-state index in [2.05, 4.69) is 17.1 Å². The maximum atomic E-state index is 11.7. The minimum Gasteiger partial charge on any atom is -0.477 e. The highest BCUT2D eigenvalue weighted by Gasteiger charge is 2.14. The lowest BCUT2D eigenvalue weighted by Gasteiger charge is -2.07. The molecule has 0 bridgehead atoms. The Morgan fingerprint density at radius 1 is 0.833 bits per heavy atom. The molecule has 0 radical (unpaired) electrons. The summed E-state index contributed by atoms with van der Waals surface area (Å²) in [5.41, 5.74) is 3.16. The van der Waals surface area contributed by atoms with Crippen LogP contribution in [0.4, 0.5) is 0 Å². The lowest BCUT2D eigenvalue weighted by molar-refractivity contribution is 0.0694. The Kier molecular flexibility index (Phi) is 4.57. The van der Waals surface area contributed by atoms with Gasteiger partial charge in [0.05, 0.1) is 0 Å². The number of aromatic nitrogens is 1. The molecule has 0 aliphatic heterocycles. The van der Waals surface area contributed by atoms with Gasteiger partial charge in [0.2, 0.25) is 0 Å². The van der Waals surface area contributed by atoms with Gasteiger partial charge in [-0.25, -0.2) is 4.79 Å². The standard InChI is InChI=1S/C20H17NO3/c22-19-18(20(23)24)17(10-11-21-19)13-16-8-6-15(7-9-16)12-14-4-2-1-3-5-14/h1-11H,12-13H2,(H,21,22)(H,23,24). The number of carbonyl (C=O) groups is 1. The van der Waals surface area contributed by atoms with Crippen LogP contribution in [0.2, 0.25) is 0 Å². The van der Waals surface area contributed by atoms with E-state index in [0.717, 1.165) is 12.0 Å². The molecule has 0 aliphatic rings. The molecule has 0 aliphatic carbocycles. The van der Waals surface area contributed by atoms with Crippen molar-refractivity contribution >= 4 is 5.97 Å². The summed E-state index contributed by atoms with van der Waals surface area (Å²) in [5, 5.41) is 9.21. The maximum absolute atomic E-state index is 11.7. The summed E-state index contributed by atoms with van der Waals surface area (Å²) in [6.07, 6.45) is 2.75. The van der Waals surface area contributed by atoms with Crippen LogP contribution in [0, 0.1) is 0 Å². The van der Waals surface area contributed by atoms with Crippen molar-refractivity contribution in [1.29, 1.82) is 0 Å². The predicted molar refractivity (Wildman–Crippen MR) is 92.5 cm³/mol. The van der Waals surface area contributed by atoms with Crippen LogP contribution in [0.15, 0.2) is 71.7 Å². The molecular formula is C20H17NO3. The monoisotopic (exact) mass is 319 g/mol. The first-order valence-electron chi connectivity index (χ1n) is 7.69. The van der Waals surface area contributed by atoms with Crippen molar-refractivity contribution in [3.63, 3.8) is 0 Å². The minimum atomic E-state index is -1.20. The second kappa shape index (κ2) is 6.96. The van der Waals surface area contributed by atoms with Crippen LogP contribution in [-0.4, -0.2) is 16.1 Å². The molecule has 3 aromatic rings. The fourth-order valence-electron chi connectivity index (χ4n) is 2.73. The summed E-state index contributed by atoms with van der Waals surface area (Å²) in [4.78, 5) is 25.4. The van der Waals surface area contributed by atoms with Crippen molar-refractivity contribution in [3.8, 4) is 0 Å². The van der Waals surface area contributed by atoms with E-state index in [-0.39, 0.29) is 5.56 Å². The summed E-state index contributed by atoms with van der Waals surface area (Å²) in [6.45, 7) is 0. The van der Waals surface area contributed by atoms with Gasteiger partial charge in [-0.1, -0.05) is 54.6 Å². The number of aromatic amines is 1. The van der Waals surface area contributed by atoms with Crippen LogP contribution < -0.4 is 5.56 Å². The van der Waals surface area contributed by atoms with Crippen molar-refractivity contribution in [1.82, 2.24) is 4.98 Å². The summed E-state index contributed by atoms with van der Waals surface area (Å²) >= 11 is 0. The van der Waals surface area contributed by atoms with Gasteiger partial charge < -0.3 is 10.1 Å². The topological polar surface area (TPSA) is 70.2 Å². The smallest absolute Gasteiger partial charge is 0.341 e. The van der Waals surface area contributed by atoms with Crippen LogP contribution in [0.25, 0.3) is 0 Å². The molecule has 3 rings (SSSR count). The molecule has 1 aromatic heterocycles. The highest BCUT2D eigenvalue weighted by molar-refractivity contribution is 5.89. The van der Waals surface area contributed by atoms with Gasteiger partial charge in [0.15, 0.2) is 0 Å². The van der Waals surface area contributed by atoms with Gasteiger partial charge in [-0.15, -0.1) is 0 Å². The number of benzene rings is 2. The van der Waals surface area contributed by atoms with E-state index in [1.165, 1.54) is 17.3 Å². The lowest BCUT2D eigenvalue weighted by Crippen LogP contribution is -2.19. The fraction of sp³-hybridized carbons (Fsp3) is 0.100. The number of pyridine rings is 1. The molecule has 0 unspecified atom stereocenters. The number of carboxylic acids is 1. The molecule has 0 saturated heterocycles. The third-order valence-electron chi connectivity index (χ3n) is 3.93. The average molecular weight is 319 g/mol. The van der Waals surface area contributed by atoms with E-state index in [1.807, 2.05) is 42.5 Å². The molecule has 120 valence electrons. The number of H-pyrrole nitrogens is 1. The molecular weight excluding hydrogens is 302 g/mol. The summed E-state index contributed by atoms with van der Waals surface area (Å²) in [6, 6.07) is 19.9. The number of hydrogen-bond acceptors (Lipinski definition) is 2. The number of nitrogens with one attached hydrogen (secondary N) is 1. The Hall–Kier alpha value is -3.14. The Labute approximate surface area is 139 Å². The maximum Gasteiger partial charge on any atom is 0.341 e. The second-order valence-corrected chi connectivity index (χ2v) is 5.67. The first kappa shape index (κ1) is 15.7. The largest absolute Gasteiger partial charge is 0.477 e. The molecule has 4 heteroatoms. The van der Waals surface area contributed by atoms with Crippen molar-refractivity contribution < 1.29 is 9.90 Å². The average Bonchev–Trinajstić information content (AvgIpc) is 2.57. The first-order chi connectivity index (χ1) is 11.6. The molecule has 1 heterocycles. The highest BCUT2D eigenvalue weighted by atomic mass is 16.4. The van der Waals surface area contributed by atoms with Crippen LogP contribution in [0.1, 0.15) is 32.6 Å². The summed E-state index contributed by atoms with van der Waals surface area (Å²) < 4.78 is 0. The predicted octanol–water partition coefficient (Wildman–Crippen LogP) is 3.25. The van der Waals surface area contributed by atoms with E-state index in [0.29, 0.717) is 12.0 Å². The number of aromatic carboxylic acids is 1. The van der Waals surface area contributed by atoms with Gasteiger partial charge in [-0.05, 0) is 41.2 Å². The summed E-state index contributed by atoms with van der Waals surface area (Å²) in [7, 11) is 0. The molecule has 0 fully saturated rings. The quantitative estimate of drug-likeness (QED) is 0.758. The van der Waals surface area contributed by atoms with Gasteiger partial charge >= 0.3 is 5.97 Å². The zero-order chi connectivity index (χ0) is 16.9. The Morgan fingerprint density at radius 3 is 2.04 bits per heavy atom. The van der Waals surface area contributed by atoms with Gasteiger partial charge in [0.25, 0.3) is 5.56 Å². The van der Waals surface area contributed by atoms with Gasteiger partial charge in [0.1, 0.15) is 5.56 Å². The molecule has 2 aromatic carbocycles. The van der Waals surface area contributed by atoms with Crippen LogP contribution in [0.5, 0.6) is 0 Å². The second-order valence-electron chi connectivity index (χ2n) is 5.67. The number of hydrogen-bond donors (Lipinski definition) is 2. The van der Waals surface area contributed by atoms with E-state index < -0.39 is 11.5 Å². The summed E-state index contributed by atoms with van der Waals surface area (Å²) in [5.74, 6) is -1.20. The molecule has 4 nitrogen and oxygen atoms in total. The van der Waals surface area contributed by atoms with Crippen LogP contribution >= 0.6 is 0 Å². The van der Waals surface area contributed by atoms with E-state index in [4.69, 9.17) is 0 Å². The highest BCUT2D eigenvalue weighted by Crippen LogP contribution is 2.15. The molecule has 0 atom stereocenters. The Balaban J connectivity index is 1.79. The lowest BCUT2D eigenvalue weighted by atomic mass is 9.98. The SMILES string of the molecule is O=C(O)c1c(Cc2ccc(Cc3ccccc3)cc2)cc[nH]c1=O. The Bertz CT molecular complexity index is 896. The van der Waals surface area contributed by atoms with E-state index in [9.17, 15) is 14.7 Å².